The molecule has 0 bridgehead atoms. The maximum Gasteiger partial charge on any atom is 0.343 e. The first-order valence-corrected chi connectivity index (χ1v) is 7.20. The van der Waals surface area contributed by atoms with Crippen molar-refractivity contribution in [3.63, 3.8) is 0 Å². The number of nitro benzene ring substituents is 1. The van der Waals surface area contributed by atoms with E-state index in [0.29, 0.717) is 5.76 Å². The second-order valence-electron chi connectivity index (χ2n) is 6.12. The number of nitrogens with one attached hydrogen (secondary N) is 1. The topological polar surface area (TPSA) is 115 Å². The predicted octanol–water partition coefficient (Wildman–Crippen LogP) is 3.41. The number of anilines is 1. The summed E-state index contributed by atoms with van der Waals surface area (Å²) in [6.45, 7) is 12.8. The number of Topliss-reactive ketones (excluding diaryl/α,β-unsaturated/α-hetero) is 1. The average Bonchev–Trinajstić information content (AvgIpc) is 3.05. The number of hydrogen-bond donors (Lipinski definition) is 1. The highest BCUT2D eigenvalue weighted by molar-refractivity contribution is 6.48. The molecule has 0 unspecified atom stereocenters. The Kier molecular flexibility index (Phi) is 4.93. The van der Waals surface area contributed by atoms with Gasteiger partial charge in [0.25, 0.3) is 5.69 Å². The lowest BCUT2D eigenvalue weighted by Crippen LogP contribution is -2.13. The van der Waals surface area contributed by atoms with E-state index in [1.54, 1.807) is 0 Å². The number of carbonyl (C=O) groups excluding carboxylic acids is 1. The quantitative estimate of drug-likeness (QED) is 0.222. The fourth-order valence-electron chi connectivity index (χ4n) is 1.78. The standard InChI is InChI=1S/C16H15N5O4/c1-16(2,3)13-9-12(20-25-13)14(22)15(17-4)19-18-10-6-5-7-11(8-10)21(23)24/h5-9,18H,1-3H3/b19-15+. The molecule has 1 N–H and O–H groups in total. The zero-order chi connectivity index (χ0) is 18.6. The van der Waals surface area contributed by atoms with Gasteiger partial charge in [0.2, 0.25) is 5.78 Å². The molecular formula is C16H15N5O4. The van der Waals surface area contributed by atoms with Gasteiger partial charge in [-0.2, -0.15) is 0 Å². The van der Waals surface area contributed by atoms with Crippen molar-refractivity contribution in [1.82, 2.24) is 5.16 Å². The lowest BCUT2D eigenvalue weighted by atomic mass is 9.93. The number of amidine groups is 1. The minimum absolute atomic E-state index is 0.0273. The Morgan fingerprint density at radius 3 is 2.68 bits per heavy atom. The van der Waals surface area contributed by atoms with E-state index in [0.717, 1.165) is 0 Å². The Morgan fingerprint density at radius 1 is 1.40 bits per heavy atom. The number of rotatable bonds is 5. The van der Waals surface area contributed by atoms with Crippen molar-refractivity contribution in [2.45, 2.75) is 26.2 Å². The molecule has 9 nitrogen and oxygen atoms in total. The van der Waals surface area contributed by atoms with Gasteiger partial charge in [0, 0.05) is 23.6 Å². The van der Waals surface area contributed by atoms with Gasteiger partial charge in [0.05, 0.1) is 10.6 Å². The number of nitro groups is 1. The van der Waals surface area contributed by atoms with Crippen molar-refractivity contribution in [2.75, 3.05) is 5.43 Å². The first-order valence-electron chi connectivity index (χ1n) is 7.20. The largest absolute Gasteiger partial charge is 0.360 e. The van der Waals surface area contributed by atoms with Gasteiger partial charge in [-0.15, -0.1) is 0 Å². The molecule has 1 heterocycles. The zero-order valence-corrected chi connectivity index (χ0v) is 13.8. The second-order valence-corrected chi connectivity index (χ2v) is 6.12. The first kappa shape index (κ1) is 17.8. The summed E-state index contributed by atoms with van der Waals surface area (Å²) < 4.78 is 5.13. The summed E-state index contributed by atoms with van der Waals surface area (Å²) in [4.78, 5) is 25.6. The highest BCUT2D eigenvalue weighted by Gasteiger charge is 2.25. The normalized spacial score (nSPS) is 11.7. The number of aromatic nitrogens is 1. The van der Waals surface area contributed by atoms with Crippen LogP contribution in [0.3, 0.4) is 0 Å². The maximum absolute atomic E-state index is 12.3. The minimum Gasteiger partial charge on any atom is -0.360 e. The number of non-ortho nitro benzene ring substituents is 1. The lowest BCUT2D eigenvalue weighted by Gasteiger charge is -2.11. The van der Waals surface area contributed by atoms with Crippen LogP contribution < -0.4 is 5.43 Å². The molecule has 0 atom stereocenters. The Balaban J connectivity index is 2.21. The van der Waals surface area contributed by atoms with Crippen LogP contribution >= 0.6 is 0 Å². The average molecular weight is 341 g/mol. The Morgan fingerprint density at radius 2 is 2.12 bits per heavy atom. The molecule has 0 saturated carbocycles. The molecule has 0 amide bonds. The molecule has 1 aromatic heterocycles. The third-order valence-corrected chi connectivity index (χ3v) is 3.14. The van der Waals surface area contributed by atoms with Crippen molar-refractivity contribution in [3.05, 3.63) is 63.3 Å². The fraction of sp³-hybridized carbons (Fsp3) is 0.250. The van der Waals surface area contributed by atoms with Crippen LogP contribution in [-0.4, -0.2) is 21.7 Å². The number of hydrazone groups is 1. The van der Waals surface area contributed by atoms with Gasteiger partial charge in [0.1, 0.15) is 11.5 Å². The summed E-state index contributed by atoms with van der Waals surface area (Å²) in [5, 5.41) is 18.1. The van der Waals surface area contributed by atoms with Crippen molar-refractivity contribution in [2.24, 2.45) is 5.10 Å². The number of nitrogens with zero attached hydrogens (tertiary/aromatic N) is 4. The summed E-state index contributed by atoms with van der Waals surface area (Å²) in [6.07, 6.45) is 0. The van der Waals surface area contributed by atoms with Crippen molar-refractivity contribution < 1.29 is 14.2 Å². The fourth-order valence-corrected chi connectivity index (χ4v) is 1.78. The molecule has 0 aliphatic carbocycles. The maximum atomic E-state index is 12.3. The van der Waals surface area contributed by atoms with Crippen molar-refractivity contribution in [1.29, 1.82) is 0 Å². The minimum atomic E-state index is -0.702. The van der Waals surface area contributed by atoms with Crippen LogP contribution in [0.5, 0.6) is 0 Å². The molecule has 1 aromatic carbocycles. The molecule has 25 heavy (non-hydrogen) atoms. The number of carbonyl (C=O) groups is 1. The molecule has 0 saturated heterocycles. The number of hydrogen-bond acceptors (Lipinski definition) is 7. The van der Waals surface area contributed by atoms with Crippen LogP contribution in [0.4, 0.5) is 11.4 Å². The highest BCUT2D eigenvalue weighted by atomic mass is 16.6. The van der Waals surface area contributed by atoms with Gasteiger partial charge < -0.3 is 9.37 Å². The van der Waals surface area contributed by atoms with Gasteiger partial charge in [-0.05, 0) is 11.2 Å². The molecule has 128 valence electrons. The summed E-state index contributed by atoms with van der Waals surface area (Å²) in [5.41, 5.74) is 2.25. The third-order valence-electron chi connectivity index (χ3n) is 3.14. The molecule has 0 aliphatic rings. The molecule has 2 aromatic rings. The van der Waals surface area contributed by atoms with Gasteiger partial charge in [-0.3, -0.25) is 14.9 Å². The Hall–Kier alpha value is -3.54. The predicted molar refractivity (Wildman–Crippen MR) is 90.3 cm³/mol. The van der Waals surface area contributed by atoms with Crippen LogP contribution in [0, 0.1) is 16.7 Å². The molecule has 0 radical (unpaired) electrons. The van der Waals surface area contributed by atoms with Gasteiger partial charge in [0.15, 0.2) is 0 Å². The van der Waals surface area contributed by atoms with Crippen LogP contribution in [0.1, 0.15) is 37.0 Å². The number of ketones is 1. The number of benzene rings is 1. The summed E-state index contributed by atoms with van der Waals surface area (Å²) in [6, 6.07) is 7.01. The summed E-state index contributed by atoms with van der Waals surface area (Å²) >= 11 is 0. The summed E-state index contributed by atoms with van der Waals surface area (Å²) in [5.74, 6) is -0.653. The molecule has 9 heteroatoms. The van der Waals surface area contributed by atoms with E-state index < -0.39 is 16.5 Å². The van der Waals surface area contributed by atoms with Gasteiger partial charge in [-0.1, -0.05) is 38.6 Å². The van der Waals surface area contributed by atoms with Crippen LogP contribution in [-0.2, 0) is 5.41 Å². The molecular weight excluding hydrogens is 326 g/mol. The highest BCUT2D eigenvalue weighted by Crippen LogP contribution is 2.23. The second kappa shape index (κ2) is 6.92. The molecule has 0 aliphatic heterocycles. The Labute approximate surface area is 143 Å². The first-order chi connectivity index (χ1) is 11.7. The van der Waals surface area contributed by atoms with Gasteiger partial charge >= 0.3 is 5.84 Å². The van der Waals surface area contributed by atoms with Crippen LogP contribution in [0.15, 0.2) is 40.0 Å². The van der Waals surface area contributed by atoms with E-state index in [9.17, 15) is 14.9 Å². The monoisotopic (exact) mass is 341 g/mol. The van der Waals surface area contributed by atoms with E-state index in [4.69, 9.17) is 11.1 Å². The van der Waals surface area contributed by atoms with E-state index >= 15 is 0 Å². The summed E-state index contributed by atoms with van der Waals surface area (Å²) in [7, 11) is 0. The van der Waals surface area contributed by atoms with Crippen LogP contribution in [0.25, 0.3) is 4.85 Å². The van der Waals surface area contributed by atoms with Crippen molar-refractivity contribution >= 4 is 23.0 Å². The molecule has 0 spiro atoms. The smallest absolute Gasteiger partial charge is 0.343 e. The SMILES string of the molecule is [C-]#[N+]/C(=N/Nc1cccc([N+](=O)[O-])c1)C(=O)c1cc(C(C)(C)C)on1. The van der Waals surface area contributed by atoms with E-state index in [-0.39, 0.29) is 22.5 Å². The zero-order valence-electron chi connectivity index (χ0n) is 13.8. The van der Waals surface area contributed by atoms with Crippen LogP contribution in [0.2, 0.25) is 0 Å². The Bertz CT molecular complexity index is 886. The third kappa shape index (κ3) is 4.26. The molecule has 0 fully saturated rings. The van der Waals surface area contributed by atoms with E-state index in [1.807, 2.05) is 20.8 Å². The van der Waals surface area contributed by atoms with Crippen molar-refractivity contribution in [3.8, 4) is 0 Å². The lowest BCUT2D eigenvalue weighted by molar-refractivity contribution is -0.384. The van der Waals surface area contributed by atoms with Gasteiger partial charge in [-0.25, -0.2) is 5.43 Å². The van der Waals surface area contributed by atoms with E-state index in [1.165, 1.54) is 30.3 Å². The van der Waals surface area contributed by atoms with E-state index in [2.05, 4.69) is 20.5 Å². The molecule has 2 rings (SSSR count).